The van der Waals surface area contributed by atoms with Crippen LogP contribution in [-0.4, -0.2) is 61.0 Å². The van der Waals surface area contributed by atoms with Gasteiger partial charge in [-0.15, -0.1) is 0 Å². The molecule has 10 nitrogen and oxygen atoms in total. The van der Waals surface area contributed by atoms with Gasteiger partial charge < -0.3 is 30.8 Å². The number of allylic oxidation sites excluding steroid dienone is 1. The van der Waals surface area contributed by atoms with Crippen LogP contribution in [0.15, 0.2) is 16.8 Å². The Bertz CT molecular complexity index is 1580. The summed E-state index contributed by atoms with van der Waals surface area (Å²) in [7, 11) is 0. The highest BCUT2D eigenvalue weighted by atomic mass is 32.2. The lowest BCUT2D eigenvalue weighted by atomic mass is 9.92. The highest BCUT2D eigenvalue weighted by Crippen LogP contribution is 2.41. The zero-order valence-electron chi connectivity index (χ0n) is 26.0. The highest BCUT2D eigenvalue weighted by molar-refractivity contribution is 8.07. The van der Waals surface area contributed by atoms with Crippen molar-refractivity contribution in [2.45, 2.75) is 90.9 Å². The quantitative estimate of drug-likeness (QED) is 0.182. The SMILES string of the molecule is CC[C@H]1/C(=C/c2[nH]c(Cc3[nH]c(C[C@H]4NC(=O)C([C@H]5CS5)=C4C)c(C)c3CCC(=O)O)c(CCC(=O)O)c2C)NC(=O)[C@@H]1C. The molecule has 6 N–H and O–H groups in total. The van der Waals surface area contributed by atoms with Crippen LogP contribution >= 0.6 is 11.8 Å². The average Bonchev–Trinajstić information content (AvgIpc) is 3.53. The van der Waals surface area contributed by atoms with E-state index in [0.717, 1.165) is 74.0 Å². The molecule has 0 saturated carbocycles. The predicted molar refractivity (Wildman–Crippen MR) is 169 cm³/mol. The number of thioether (sulfide) groups is 1. The van der Waals surface area contributed by atoms with Crippen LogP contribution in [0.25, 0.3) is 6.08 Å². The molecule has 0 spiro atoms. The normalized spacial score (nSPS) is 23.9. The molecule has 0 aliphatic carbocycles. The lowest BCUT2D eigenvalue weighted by Gasteiger charge is -2.12. The molecule has 0 radical (unpaired) electrons. The summed E-state index contributed by atoms with van der Waals surface area (Å²) in [5.74, 6) is -0.819. The van der Waals surface area contributed by atoms with Crippen LogP contribution in [0.2, 0.25) is 0 Å². The van der Waals surface area contributed by atoms with E-state index >= 15 is 0 Å². The number of carboxylic acids is 2. The van der Waals surface area contributed by atoms with Gasteiger partial charge in [0.05, 0.1) is 6.04 Å². The predicted octanol–water partition coefficient (Wildman–Crippen LogP) is 4.19. The van der Waals surface area contributed by atoms with E-state index in [1.807, 2.05) is 33.8 Å². The molecule has 5 heterocycles. The number of carboxylic acid groups (broad SMARTS) is 2. The minimum Gasteiger partial charge on any atom is -0.481 e. The molecule has 0 bridgehead atoms. The van der Waals surface area contributed by atoms with E-state index in [1.54, 1.807) is 11.8 Å². The Hall–Kier alpha value is -3.73. The molecule has 2 fully saturated rings. The van der Waals surface area contributed by atoms with E-state index in [-0.39, 0.29) is 47.8 Å². The smallest absolute Gasteiger partial charge is 0.303 e. The van der Waals surface area contributed by atoms with Crippen molar-refractivity contribution in [3.63, 3.8) is 0 Å². The fourth-order valence-corrected chi connectivity index (χ4v) is 7.58. The topological polar surface area (TPSA) is 164 Å². The Morgan fingerprint density at radius 1 is 0.955 bits per heavy atom. The van der Waals surface area contributed by atoms with Gasteiger partial charge in [0.1, 0.15) is 0 Å². The second-order valence-electron chi connectivity index (χ2n) is 12.3. The van der Waals surface area contributed by atoms with Gasteiger partial charge >= 0.3 is 11.9 Å². The molecule has 0 unspecified atom stereocenters. The van der Waals surface area contributed by atoms with Gasteiger partial charge in [0.2, 0.25) is 11.8 Å². The van der Waals surface area contributed by atoms with E-state index in [9.17, 15) is 29.4 Å². The summed E-state index contributed by atoms with van der Waals surface area (Å²) in [6.45, 7) is 9.97. The first kappa shape index (κ1) is 31.7. The first-order chi connectivity index (χ1) is 20.9. The largest absolute Gasteiger partial charge is 0.481 e. The fraction of sp³-hybridized carbons (Fsp3) is 0.515. The number of aromatic amines is 2. The van der Waals surface area contributed by atoms with Crippen LogP contribution in [0, 0.1) is 25.7 Å². The van der Waals surface area contributed by atoms with Crippen LogP contribution < -0.4 is 10.6 Å². The van der Waals surface area contributed by atoms with Crippen molar-refractivity contribution >= 4 is 41.6 Å². The molecule has 11 heteroatoms. The molecule has 2 saturated heterocycles. The van der Waals surface area contributed by atoms with E-state index in [1.165, 1.54) is 0 Å². The second-order valence-corrected chi connectivity index (χ2v) is 13.5. The van der Waals surface area contributed by atoms with Crippen molar-refractivity contribution in [2.75, 3.05) is 5.75 Å². The molecular formula is C33H42N4O6S. The maximum absolute atomic E-state index is 12.7. The van der Waals surface area contributed by atoms with Crippen LogP contribution in [0.5, 0.6) is 0 Å². The van der Waals surface area contributed by atoms with Gasteiger partial charge in [-0.2, -0.15) is 11.8 Å². The number of carbonyl (C=O) groups excluding carboxylic acids is 2. The molecule has 3 aliphatic rings. The summed E-state index contributed by atoms with van der Waals surface area (Å²) in [6.07, 6.45) is 4.46. The van der Waals surface area contributed by atoms with Crippen molar-refractivity contribution in [3.8, 4) is 0 Å². The van der Waals surface area contributed by atoms with Gasteiger partial charge in [-0.1, -0.05) is 13.8 Å². The van der Waals surface area contributed by atoms with Crippen LogP contribution in [0.4, 0.5) is 0 Å². The molecular weight excluding hydrogens is 580 g/mol. The Morgan fingerprint density at radius 2 is 1.57 bits per heavy atom. The molecule has 5 rings (SSSR count). The van der Waals surface area contributed by atoms with Crippen LogP contribution in [0.1, 0.15) is 85.1 Å². The third-order valence-corrected chi connectivity index (χ3v) is 10.5. The summed E-state index contributed by atoms with van der Waals surface area (Å²) in [5, 5.41) is 25.4. The molecule has 236 valence electrons. The third kappa shape index (κ3) is 6.38. The summed E-state index contributed by atoms with van der Waals surface area (Å²) in [6, 6.07) is -0.121. The van der Waals surface area contributed by atoms with Crippen LogP contribution in [0.3, 0.4) is 0 Å². The first-order valence-electron chi connectivity index (χ1n) is 15.4. The fourth-order valence-electron chi connectivity index (χ4n) is 6.86. The van der Waals surface area contributed by atoms with E-state index < -0.39 is 11.9 Å². The number of hydrogen-bond donors (Lipinski definition) is 6. The van der Waals surface area contributed by atoms with Gasteiger partial charge in [0.25, 0.3) is 0 Å². The van der Waals surface area contributed by atoms with Gasteiger partial charge in [0, 0.05) is 82.6 Å². The molecule has 2 aromatic rings. The van der Waals surface area contributed by atoms with Gasteiger partial charge in [-0.3, -0.25) is 19.2 Å². The summed E-state index contributed by atoms with van der Waals surface area (Å²) >= 11 is 1.78. The number of nitrogens with one attached hydrogen (secondary N) is 4. The number of rotatable bonds is 13. The minimum atomic E-state index is -0.884. The average molecular weight is 623 g/mol. The Balaban J connectivity index is 1.50. The number of H-pyrrole nitrogens is 2. The summed E-state index contributed by atoms with van der Waals surface area (Å²) in [4.78, 5) is 55.4. The second kappa shape index (κ2) is 12.7. The standard InChI is InChI=1S/C33H42N4O6S/c1-6-19-17(4)32(42)37-25(19)12-23-16(3)21(8-10-30(40)41)27(35-23)13-26-20(7-9-29(38)39)15(2)22(34-26)11-24-18(5)31(28-14-44-28)33(43)36-24/h12,17,19,24,28,34-35H,6-11,13-14H2,1-5H3,(H,36,43)(H,37,42)(H,38,39)(H,40,41)/b25-12-/t17-,19-,24-,28-/m1/s1. The number of hydrogen-bond acceptors (Lipinski definition) is 5. The van der Waals surface area contributed by atoms with E-state index in [0.29, 0.717) is 25.7 Å². The van der Waals surface area contributed by atoms with Crippen molar-refractivity contribution < 1.29 is 29.4 Å². The summed E-state index contributed by atoms with van der Waals surface area (Å²) in [5.41, 5.74) is 10.1. The first-order valence-corrected chi connectivity index (χ1v) is 16.4. The molecule has 44 heavy (non-hydrogen) atoms. The lowest BCUT2D eigenvalue weighted by Crippen LogP contribution is -2.31. The molecule has 2 aromatic heterocycles. The minimum absolute atomic E-state index is 0.00244. The number of carbonyl (C=O) groups is 4. The van der Waals surface area contributed by atoms with E-state index in [4.69, 9.17) is 0 Å². The Morgan fingerprint density at radius 3 is 2.16 bits per heavy atom. The number of aromatic nitrogens is 2. The monoisotopic (exact) mass is 622 g/mol. The zero-order valence-corrected chi connectivity index (χ0v) is 26.8. The van der Waals surface area contributed by atoms with Gasteiger partial charge in [0.15, 0.2) is 0 Å². The van der Waals surface area contributed by atoms with Crippen molar-refractivity contribution in [1.82, 2.24) is 20.6 Å². The van der Waals surface area contributed by atoms with E-state index in [2.05, 4.69) is 27.5 Å². The zero-order chi connectivity index (χ0) is 31.9. The lowest BCUT2D eigenvalue weighted by molar-refractivity contribution is -0.138. The van der Waals surface area contributed by atoms with Gasteiger partial charge in [-0.05, 0) is 73.9 Å². The number of amides is 2. The maximum atomic E-state index is 12.7. The molecule has 3 aliphatic heterocycles. The van der Waals surface area contributed by atoms with Crippen molar-refractivity contribution in [2.24, 2.45) is 11.8 Å². The molecule has 0 aromatic carbocycles. The number of aliphatic carboxylic acids is 2. The Kier molecular flexibility index (Phi) is 9.15. The van der Waals surface area contributed by atoms with Crippen LogP contribution in [-0.2, 0) is 44.9 Å². The highest BCUT2D eigenvalue weighted by Gasteiger charge is 2.40. The summed E-state index contributed by atoms with van der Waals surface area (Å²) < 4.78 is 0. The molecule has 4 atom stereocenters. The van der Waals surface area contributed by atoms with Gasteiger partial charge in [-0.25, -0.2) is 0 Å². The third-order valence-electron chi connectivity index (χ3n) is 9.59. The van der Waals surface area contributed by atoms with Crippen molar-refractivity contribution in [3.05, 3.63) is 61.9 Å². The van der Waals surface area contributed by atoms with Crippen molar-refractivity contribution in [1.29, 1.82) is 0 Å². The Labute approximate surface area is 261 Å². The maximum Gasteiger partial charge on any atom is 0.303 e. The molecule has 2 amide bonds.